The number of aliphatic hydroxyl groups excluding tert-OH is 8. The van der Waals surface area contributed by atoms with Gasteiger partial charge in [-0.1, -0.05) is 12.1 Å². The Hall–Kier alpha value is -0.110. The van der Waals surface area contributed by atoms with E-state index in [1.807, 2.05) is 6.07 Å². The van der Waals surface area contributed by atoms with Gasteiger partial charge in [0.25, 0.3) is 0 Å². The maximum atomic E-state index is 11.1. The molecule has 0 spiro atoms. The summed E-state index contributed by atoms with van der Waals surface area (Å²) < 4.78 is 53.8. The maximum absolute atomic E-state index is 11.1. The fraction of sp³-hybridized carbons (Fsp3) is 0.643. The third-order valence-corrected chi connectivity index (χ3v) is 8.66. The first-order valence-corrected chi connectivity index (χ1v) is 16.2. The van der Waals surface area contributed by atoms with Crippen LogP contribution < -0.4 is 78.4 Å². The Bertz CT molecular complexity index is 1420. The zero-order valence-electron chi connectivity index (χ0n) is 27.2. The van der Waals surface area contributed by atoms with Crippen molar-refractivity contribution in [2.75, 3.05) is 26.9 Å². The molecule has 3 heterocycles. The number of methoxy groups -OCH3 is 1. The minimum atomic E-state index is -5.59. The predicted molar refractivity (Wildman–Crippen MR) is 151 cm³/mol. The molecule has 3 aliphatic heterocycles. The molecule has 3 saturated heterocycles. The summed E-state index contributed by atoms with van der Waals surface area (Å²) in [4.78, 5) is 22.3. The van der Waals surface area contributed by atoms with E-state index in [0.717, 1.165) is 10.8 Å². The van der Waals surface area contributed by atoms with Crippen LogP contribution in [0.2, 0.25) is 0 Å². The van der Waals surface area contributed by atoms with Crippen molar-refractivity contribution in [3.8, 4) is 11.5 Å². The quantitative estimate of drug-likeness (QED) is 0.0780. The summed E-state index contributed by atoms with van der Waals surface area (Å²) in [5.41, 5.74) is 0. The SMILES string of the molecule is COc1ccc2ccc(O[C@@H]3OC[C@@H](O[C@@H]4O[C@H](COP(=O)([O-])[O-])[C@H](O)[C@H](O[C@@H]5O[C@H](CO)[C@H](O)[C@H](O)[C@H]5O)[C@H]4O)[C@H](O)[C@H]3O)cc2c1.[Na+].[Na+]. The van der Waals surface area contributed by atoms with Gasteiger partial charge in [0, 0.05) is 0 Å². The standard InChI is InChI=1S/C28H39O19P.2Na/c1-40-13-4-2-11-3-5-14(7-12(11)6-13)43-26-22(34)19(31)16(9-41-26)45-28-24(36)25(20(32)17(46-28)10-42-48(37,38)39)47-27-23(35)21(33)18(30)15(8-29)44-27;;/h2-7,15-36H,8-10H2,1H3,(H2,37,38,39);;/q;2*+1/p-2/t15-,16-,17-,18+,19+,20+,21+,22-,23-,24-,25+,26+,27+,28-;;/m1../s1. The van der Waals surface area contributed by atoms with Crippen LogP contribution >= 0.6 is 7.82 Å². The second kappa shape index (κ2) is 19.0. The summed E-state index contributed by atoms with van der Waals surface area (Å²) in [6.07, 6.45) is -24.7. The molecule has 2 aromatic rings. The van der Waals surface area contributed by atoms with E-state index in [0.29, 0.717) is 5.75 Å². The summed E-state index contributed by atoms with van der Waals surface area (Å²) >= 11 is 0. The number of aliphatic hydroxyl groups is 8. The summed E-state index contributed by atoms with van der Waals surface area (Å²) in [5.74, 6) is 0.893. The van der Waals surface area contributed by atoms with Gasteiger partial charge in [-0.3, -0.25) is 0 Å². The van der Waals surface area contributed by atoms with Crippen LogP contribution in [0.25, 0.3) is 10.8 Å². The topological polar surface area (TPSA) is 299 Å². The summed E-state index contributed by atoms with van der Waals surface area (Å²) in [6, 6.07) is 10.4. The molecule has 0 aromatic heterocycles. The Kier molecular flexibility index (Phi) is 16.8. The van der Waals surface area contributed by atoms with Crippen LogP contribution in [0.1, 0.15) is 0 Å². The van der Waals surface area contributed by atoms with Gasteiger partial charge in [0.2, 0.25) is 6.29 Å². The third-order valence-electron chi connectivity index (χ3n) is 8.19. The Labute approximate surface area is 329 Å². The Morgan fingerprint density at radius 2 is 1.34 bits per heavy atom. The van der Waals surface area contributed by atoms with Crippen LogP contribution in [0, 0.1) is 0 Å². The number of hydrogen-bond donors (Lipinski definition) is 8. The molecule has 0 bridgehead atoms. The van der Waals surface area contributed by atoms with Crippen molar-refractivity contribution in [2.45, 2.75) is 86.0 Å². The number of benzene rings is 2. The van der Waals surface area contributed by atoms with Gasteiger partial charge in [0.05, 0.1) is 34.8 Å². The summed E-state index contributed by atoms with van der Waals surface area (Å²) in [7, 11) is -4.07. The van der Waals surface area contributed by atoms with Gasteiger partial charge in [-0.25, -0.2) is 0 Å². The van der Waals surface area contributed by atoms with Crippen LogP contribution in [0.3, 0.4) is 0 Å². The second-order valence-corrected chi connectivity index (χ2v) is 12.6. The molecule has 0 saturated carbocycles. The Morgan fingerprint density at radius 1 is 0.740 bits per heavy atom. The molecule has 14 atom stereocenters. The van der Waals surface area contributed by atoms with Gasteiger partial charge in [-0.05, 0) is 35.0 Å². The molecule has 8 N–H and O–H groups in total. The first kappa shape index (κ1) is 44.3. The molecular weight excluding hydrogens is 717 g/mol. The van der Waals surface area contributed by atoms with Gasteiger partial charge >= 0.3 is 59.1 Å². The van der Waals surface area contributed by atoms with Crippen molar-refractivity contribution in [1.29, 1.82) is 0 Å². The van der Waals surface area contributed by atoms with Gasteiger partial charge in [-0.15, -0.1) is 0 Å². The minimum Gasteiger partial charge on any atom is -0.790 e. The number of fused-ring (bicyclic) bond motifs is 1. The van der Waals surface area contributed by atoms with Crippen molar-refractivity contribution < 1.29 is 152 Å². The van der Waals surface area contributed by atoms with E-state index in [4.69, 9.17) is 33.2 Å². The van der Waals surface area contributed by atoms with E-state index >= 15 is 0 Å². The molecular formula is C28H37Na2O19P. The molecule has 22 heteroatoms. The van der Waals surface area contributed by atoms with Crippen LogP contribution in [0.4, 0.5) is 0 Å². The number of ether oxygens (including phenoxy) is 7. The minimum absolute atomic E-state index is 0. The molecule has 0 amide bonds. The molecule has 19 nitrogen and oxygen atoms in total. The van der Waals surface area contributed by atoms with E-state index in [-0.39, 0.29) is 64.9 Å². The van der Waals surface area contributed by atoms with Crippen molar-refractivity contribution >= 4 is 18.6 Å². The fourth-order valence-electron chi connectivity index (χ4n) is 5.51. The van der Waals surface area contributed by atoms with E-state index in [1.54, 1.807) is 30.3 Å². The monoisotopic (exact) mass is 754 g/mol. The number of phosphoric acid groups is 1. The molecule has 50 heavy (non-hydrogen) atoms. The normalized spacial score (nSPS) is 37.7. The molecule has 5 rings (SSSR count). The van der Waals surface area contributed by atoms with Crippen LogP contribution in [0.5, 0.6) is 11.5 Å². The van der Waals surface area contributed by atoms with Gasteiger partial charge in [0.1, 0.15) is 78.6 Å². The maximum Gasteiger partial charge on any atom is 1.00 e. The van der Waals surface area contributed by atoms with Crippen LogP contribution in [-0.4, -0.2) is 154 Å². The second-order valence-electron chi connectivity index (χ2n) is 11.4. The average Bonchev–Trinajstić information content (AvgIpc) is 3.06. The first-order chi connectivity index (χ1) is 22.7. The Balaban J connectivity index is 0.00000338. The molecule has 3 aliphatic rings. The largest absolute Gasteiger partial charge is 1.00 e. The molecule has 0 radical (unpaired) electrons. The van der Waals surface area contributed by atoms with Gasteiger partial charge in [0.15, 0.2) is 12.6 Å². The predicted octanol–water partition coefficient (Wildman–Crippen LogP) is -10.8. The fourth-order valence-corrected chi connectivity index (χ4v) is 5.84. The number of phosphoric ester groups is 1. The number of hydrogen-bond acceptors (Lipinski definition) is 19. The van der Waals surface area contributed by atoms with Gasteiger partial charge < -0.3 is 92.9 Å². The number of rotatable bonds is 11. The molecule has 2 aromatic carbocycles. The zero-order chi connectivity index (χ0) is 34.9. The summed E-state index contributed by atoms with van der Waals surface area (Å²) in [6.45, 7) is -2.36. The summed E-state index contributed by atoms with van der Waals surface area (Å²) in [5, 5.41) is 85.3. The molecule has 3 fully saturated rings. The molecule has 0 unspecified atom stereocenters. The van der Waals surface area contributed by atoms with E-state index in [9.17, 15) is 55.2 Å². The van der Waals surface area contributed by atoms with E-state index < -0.39 is 114 Å². The third kappa shape index (κ3) is 10.3. The van der Waals surface area contributed by atoms with E-state index in [1.165, 1.54) is 7.11 Å². The van der Waals surface area contributed by atoms with Crippen molar-refractivity contribution in [3.05, 3.63) is 36.4 Å². The van der Waals surface area contributed by atoms with Crippen LogP contribution in [-0.2, 0) is 32.8 Å². The smallest absolute Gasteiger partial charge is 0.790 e. The van der Waals surface area contributed by atoms with Crippen molar-refractivity contribution in [1.82, 2.24) is 0 Å². The van der Waals surface area contributed by atoms with Crippen molar-refractivity contribution in [2.24, 2.45) is 0 Å². The van der Waals surface area contributed by atoms with Crippen LogP contribution in [0.15, 0.2) is 36.4 Å². The first-order valence-electron chi connectivity index (χ1n) is 14.7. The van der Waals surface area contributed by atoms with Crippen molar-refractivity contribution in [3.63, 3.8) is 0 Å². The zero-order valence-corrected chi connectivity index (χ0v) is 32.1. The van der Waals surface area contributed by atoms with Gasteiger partial charge in [-0.2, -0.15) is 0 Å². The molecule has 270 valence electrons. The Morgan fingerprint density at radius 3 is 1.98 bits per heavy atom. The average molecular weight is 755 g/mol. The molecule has 0 aliphatic carbocycles. The van der Waals surface area contributed by atoms with E-state index in [2.05, 4.69) is 4.52 Å².